The third kappa shape index (κ3) is 7.16. The first-order valence-electron chi connectivity index (χ1n) is 14.1. The number of ether oxygens (including phenoxy) is 2. The van der Waals surface area contributed by atoms with E-state index in [4.69, 9.17) is 14.5 Å². The first-order chi connectivity index (χ1) is 19.0. The molecule has 2 saturated heterocycles. The van der Waals surface area contributed by atoms with Gasteiger partial charge in [0.15, 0.2) is 0 Å². The van der Waals surface area contributed by atoms with Crippen molar-refractivity contribution in [1.29, 1.82) is 0 Å². The summed E-state index contributed by atoms with van der Waals surface area (Å²) in [5.41, 5.74) is 6.34. The maximum absolute atomic E-state index is 6.05. The second-order valence-corrected chi connectivity index (χ2v) is 10.5. The van der Waals surface area contributed by atoms with Gasteiger partial charge < -0.3 is 19.3 Å². The van der Waals surface area contributed by atoms with Crippen molar-refractivity contribution in [2.75, 3.05) is 54.6 Å². The third-order valence-electron chi connectivity index (χ3n) is 7.03. The number of hydrazone groups is 1. The lowest BCUT2D eigenvalue weighted by Gasteiger charge is -2.20. The number of aromatic nitrogens is 3. The number of hydrogen-bond acceptors (Lipinski definition) is 9. The fourth-order valence-corrected chi connectivity index (χ4v) is 4.92. The van der Waals surface area contributed by atoms with E-state index in [0.717, 1.165) is 55.1 Å². The summed E-state index contributed by atoms with van der Waals surface area (Å²) >= 11 is 0. The molecule has 0 amide bonds. The molecule has 0 saturated carbocycles. The van der Waals surface area contributed by atoms with Crippen LogP contribution in [-0.4, -0.2) is 60.6 Å². The summed E-state index contributed by atoms with van der Waals surface area (Å²) in [6.07, 6.45) is 6.42. The van der Waals surface area contributed by atoms with E-state index in [9.17, 15) is 0 Å². The second-order valence-electron chi connectivity index (χ2n) is 10.5. The Hall–Kier alpha value is -3.88. The minimum atomic E-state index is 0.405. The van der Waals surface area contributed by atoms with Gasteiger partial charge in [-0.3, -0.25) is 0 Å². The predicted molar refractivity (Wildman–Crippen MR) is 157 cm³/mol. The average Bonchev–Trinajstić information content (AvgIpc) is 3.67. The van der Waals surface area contributed by atoms with E-state index >= 15 is 0 Å². The Morgan fingerprint density at radius 1 is 0.872 bits per heavy atom. The summed E-state index contributed by atoms with van der Waals surface area (Å²) in [6, 6.07) is 14.2. The van der Waals surface area contributed by atoms with Crippen LogP contribution < -0.4 is 24.7 Å². The van der Waals surface area contributed by atoms with Crippen LogP contribution in [0.4, 0.5) is 17.8 Å². The van der Waals surface area contributed by atoms with Crippen molar-refractivity contribution in [3.8, 4) is 11.5 Å². The van der Waals surface area contributed by atoms with Crippen LogP contribution in [0.25, 0.3) is 0 Å². The number of nitrogens with zero attached hydrogens (tertiary/aromatic N) is 6. The van der Waals surface area contributed by atoms with Crippen LogP contribution in [0.5, 0.6) is 11.5 Å². The molecule has 0 atom stereocenters. The first-order valence-corrected chi connectivity index (χ1v) is 14.1. The summed E-state index contributed by atoms with van der Waals surface area (Å²) in [5, 5.41) is 4.41. The lowest BCUT2D eigenvalue weighted by Crippen LogP contribution is -2.25. The highest BCUT2D eigenvalue weighted by atomic mass is 16.5. The van der Waals surface area contributed by atoms with Gasteiger partial charge in [-0.15, -0.1) is 0 Å². The fourth-order valence-electron chi connectivity index (χ4n) is 4.92. The van der Waals surface area contributed by atoms with Crippen molar-refractivity contribution in [3.05, 3.63) is 59.2 Å². The molecule has 9 nitrogen and oxygen atoms in total. The molecule has 1 aromatic heterocycles. The molecule has 206 valence electrons. The minimum Gasteiger partial charge on any atom is -0.490 e. The predicted octanol–water partition coefficient (Wildman–Crippen LogP) is 5.41. The van der Waals surface area contributed by atoms with Crippen LogP contribution in [0, 0.1) is 6.92 Å². The van der Waals surface area contributed by atoms with Gasteiger partial charge in [-0.05, 0) is 73.4 Å². The van der Waals surface area contributed by atoms with Gasteiger partial charge in [0.2, 0.25) is 17.8 Å². The van der Waals surface area contributed by atoms with Gasteiger partial charge in [-0.1, -0.05) is 38.1 Å². The van der Waals surface area contributed by atoms with E-state index in [2.05, 4.69) is 69.3 Å². The number of aryl methyl sites for hydroxylation is 1. The van der Waals surface area contributed by atoms with Gasteiger partial charge >= 0.3 is 0 Å². The molecule has 3 aromatic rings. The molecule has 2 aliphatic heterocycles. The number of benzene rings is 2. The van der Waals surface area contributed by atoms with Crippen molar-refractivity contribution in [3.63, 3.8) is 0 Å². The molecular formula is C30H39N7O2. The molecule has 2 fully saturated rings. The van der Waals surface area contributed by atoms with Gasteiger partial charge in [-0.25, -0.2) is 5.43 Å². The molecule has 0 radical (unpaired) electrons. The van der Waals surface area contributed by atoms with Crippen molar-refractivity contribution >= 4 is 24.1 Å². The van der Waals surface area contributed by atoms with Crippen molar-refractivity contribution in [1.82, 2.24) is 15.0 Å². The molecule has 5 rings (SSSR count). The Kier molecular flexibility index (Phi) is 8.75. The van der Waals surface area contributed by atoms with E-state index in [0.29, 0.717) is 25.1 Å². The summed E-state index contributed by atoms with van der Waals surface area (Å²) in [7, 11) is 0. The lowest BCUT2D eigenvalue weighted by atomic mass is 10.0. The number of nitrogens with one attached hydrogen (secondary N) is 1. The Morgan fingerprint density at radius 2 is 1.54 bits per heavy atom. The largest absolute Gasteiger partial charge is 0.490 e. The molecule has 3 heterocycles. The van der Waals surface area contributed by atoms with Crippen LogP contribution in [0.1, 0.15) is 62.1 Å². The standard InChI is InChI=1S/C30H39N7O2/c1-22(2)26-12-11-23(3)19-27(26)39-18-17-38-25-10-8-9-24(20-25)21-31-35-28-32-29(36-13-4-5-14-36)34-30(33-28)37-15-6-7-16-37/h8-12,19-22H,4-7,13-18H2,1-3H3,(H,32,33,34,35)/b31-21+. The second kappa shape index (κ2) is 12.8. The zero-order chi connectivity index (χ0) is 27.0. The molecule has 0 spiro atoms. The van der Waals surface area contributed by atoms with Gasteiger partial charge in [0.25, 0.3) is 0 Å². The maximum atomic E-state index is 6.05. The molecule has 2 aliphatic rings. The zero-order valence-corrected chi connectivity index (χ0v) is 23.3. The maximum Gasteiger partial charge on any atom is 0.250 e. The Balaban J connectivity index is 1.18. The molecule has 39 heavy (non-hydrogen) atoms. The first kappa shape index (κ1) is 26.7. The van der Waals surface area contributed by atoms with Crippen LogP contribution in [0.2, 0.25) is 0 Å². The Bertz CT molecular complexity index is 1230. The molecule has 0 aliphatic carbocycles. The lowest BCUT2D eigenvalue weighted by molar-refractivity contribution is 0.215. The van der Waals surface area contributed by atoms with E-state index in [1.54, 1.807) is 6.21 Å². The molecular weight excluding hydrogens is 490 g/mol. The topological polar surface area (TPSA) is 88.0 Å². The molecule has 1 N–H and O–H groups in total. The highest BCUT2D eigenvalue weighted by Gasteiger charge is 2.21. The van der Waals surface area contributed by atoms with Crippen LogP contribution in [0.3, 0.4) is 0 Å². The Labute approximate surface area is 231 Å². The van der Waals surface area contributed by atoms with E-state index in [-0.39, 0.29) is 0 Å². The summed E-state index contributed by atoms with van der Waals surface area (Å²) in [4.78, 5) is 18.5. The molecule has 2 aromatic carbocycles. The van der Waals surface area contributed by atoms with Gasteiger partial charge in [0, 0.05) is 26.2 Å². The smallest absolute Gasteiger partial charge is 0.250 e. The summed E-state index contributed by atoms with van der Waals surface area (Å²) in [5.74, 6) is 4.02. The van der Waals surface area contributed by atoms with Crippen LogP contribution >= 0.6 is 0 Å². The quantitative estimate of drug-likeness (QED) is 0.200. The van der Waals surface area contributed by atoms with Crippen molar-refractivity contribution in [2.45, 2.75) is 52.4 Å². The zero-order valence-electron chi connectivity index (χ0n) is 23.3. The van der Waals surface area contributed by atoms with Crippen LogP contribution in [0.15, 0.2) is 47.6 Å². The highest BCUT2D eigenvalue weighted by molar-refractivity contribution is 5.80. The minimum absolute atomic E-state index is 0.405. The van der Waals surface area contributed by atoms with E-state index in [1.807, 2.05) is 24.3 Å². The van der Waals surface area contributed by atoms with E-state index < -0.39 is 0 Å². The SMILES string of the molecule is Cc1ccc(C(C)C)c(OCCOc2cccc(/C=N/Nc3nc(N4CCCC4)nc(N4CCCC4)n3)c2)c1. The summed E-state index contributed by atoms with van der Waals surface area (Å²) < 4.78 is 12.0. The van der Waals surface area contributed by atoms with Crippen LogP contribution in [-0.2, 0) is 0 Å². The molecule has 0 bridgehead atoms. The number of hydrogen-bond donors (Lipinski definition) is 1. The fraction of sp³-hybridized carbons (Fsp3) is 0.467. The average molecular weight is 530 g/mol. The van der Waals surface area contributed by atoms with Gasteiger partial charge in [0.1, 0.15) is 24.7 Å². The number of anilines is 3. The third-order valence-corrected chi connectivity index (χ3v) is 7.03. The highest BCUT2D eigenvalue weighted by Crippen LogP contribution is 2.27. The number of rotatable bonds is 11. The molecule has 0 unspecified atom stereocenters. The summed E-state index contributed by atoms with van der Waals surface area (Å²) in [6.45, 7) is 11.3. The van der Waals surface area contributed by atoms with E-state index in [1.165, 1.54) is 36.8 Å². The van der Waals surface area contributed by atoms with Crippen molar-refractivity contribution < 1.29 is 9.47 Å². The van der Waals surface area contributed by atoms with Gasteiger partial charge in [-0.2, -0.15) is 20.1 Å². The normalized spacial score (nSPS) is 15.5. The van der Waals surface area contributed by atoms with Gasteiger partial charge in [0.05, 0.1) is 6.21 Å². The van der Waals surface area contributed by atoms with Crippen molar-refractivity contribution in [2.24, 2.45) is 5.10 Å². The monoisotopic (exact) mass is 529 g/mol. The Morgan fingerprint density at radius 3 is 2.21 bits per heavy atom. The molecule has 9 heteroatoms.